The number of nitrogens with one attached hydrogen (secondary N) is 1. The number of hydrogen-bond acceptors (Lipinski definition) is 3. The Morgan fingerprint density at radius 1 is 1.19 bits per heavy atom. The van der Waals surface area contributed by atoms with Gasteiger partial charge < -0.3 is 10.4 Å². The van der Waals surface area contributed by atoms with Crippen molar-refractivity contribution in [2.45, 2.75) is 58.5 Å². The second-order valence-corrected chi connectivity index (χ2v) is 6.45. The molecule has 0 aliphatic carbocycles. The molecule has 1 aromatic carbocycles. The number of aromatic nitrogens is 2. The SMILES string of the molecule is CCC(CC)n1nc(C(=O)NC(CCC(=O)O)c2ccccc2)cc1C. The summed E-state index contributed by atoms with van der Waals surface area (Å²) in [7, 11) is 0. The number of benzene rings is 1. The van der Waals surface area contributed by atoms with E-state index in [-0.39, 0.29) is 24.4 Å². The first-order chi connectivity index (χ1) is 12.5. The fourth-order valence-electron chi connectivity index (χ4n) is 3.11. The van der Waals surface area contributed by atoms with Crippen molar-refractivity contribution in [1.29, 1.82) is 0 Å². The summed E-state index contributed by atoms with van der Waals surface area (Å²) >= 11 is 0. The predicted octanol–water partition coefficient (Wildman–Crippen LogP) is 3.89. The Balaban J connectivity index is 2.18. The molecule has 2 rings (SSSR count). The van der Waals surface area contributed by atoms with Crippen molar-refractivity contribution in [2.75, 3.05) is 0 Å². The van der Waals surface area contributed by atoms with Crippen LogP contribution in [0.3, 0.4) is 0 Å². The molecule has 0 aliphatic rings. The minimum atomic E-state index is -0.881. The normalized spacial score (nSPS) is 12.2. The monoisotopic (exact) mass is 357 g/mol. The number of amides is 1. The number of rotatable bonds is 9. The molecule has 0 saturated heterocycles. The average molecular weight is 357 g/mol. The van der Waals surface area contributed by atoms with Crippen LogP contribution in [0.15, 0.2) is 36.4 Å². The van der Waals surface area contributed by atoms with Gasteiger partial charge in [0.15, 0.2) is 0 Å². The summed E-state index contributed by atoms with van der Waals surface area (Å²) in [6, 6.07) is 11.1. The number of carbonyl (C=O) groups excluding carboxylic acids is 1. The van der Waals surface area contributed by atoms with Crippen molar-refractivity contribution in [3.63, 3.8) is 0 Å². The van der Waals surface area contributed by atoms with Crippen molar-refractivity contribution in [3.8, 4) is 0 Å². The van der Waals surface area contributed by atoms with E-state index >= 15 is 0 Å². The molecule has 0 aliphatic heterocycles. The molecular formula is C20H27N3O3. The van der Waals surface area contributed by atoms with E-state index < -0.39 is 5.97 Å². The van der Waals surface area contributed by atoms with Crippen molar-refractivity contribution in [3.05, 3.63) is 53.3 Å². The fourth-order valence-corrected chi connectivity index (χ4v) is 3.11. The van der Waals surface area contributed by atoms with E-state index in [1.165, 1.54) is 0 Å². The average Bonchev–Trinajstić information content (AvgIpc) is 3.02. The third kappa shape index (κ3) is 4.94. The van der Waals surface area contributed by atoms with Crippen molar-refractivity contribution in [1.82, 2.24) is 15.1 Å². The second-order valence-electron chi connectivity index (χ2n) is 6.45. The largest absolute Gasteiger partial charge is 0.481 e. The Kier molecular flexibility index (Phi) is 6.95. The molecule has 0 radical (unpaired) electrons. The summed E-state index contributed by atoms with van der Waals surface area (Å²) in [5.74, 6) is -1.16. The van der Waals surface area contributed by atoms with E-state index in [0.29, 0.717) is 12.1 Å². The highest BCUT2D eigenvalue weighted by Gasteiger charge is 2.20. The van der Waals surface area contributed by atoms with Crippen LogP contribution >= 0.6 is 0 Å². The van der Waals surface area contributed by atoms with Crippen molar-refractivity contribution >= 4 is 11.9 Å². The lowest BCUT2D eigenvalue weighted by Crippen LogP contribution is -2.29. The molecule has 140 valence electrons. The zero-order valence-corrected chi connectivity index (χ0v) is 15.6. The van der Waals surface area contributed by atoms with Gasteiger partial charge in [-0.05, 0) is 37.8 Å². The van der Waals surface area contributed by atoms with Crippen LogP contribution < -0.4 is 5.32 Å². The molecule has 26 heavy (non-hydrogen) atoms. The molecule has 1 atom stereocenters. The van der Waals surface area contributed by atoms with Gasteiger partial charge in [0, 0.05) is 12.1 Å². The number of aryl methyl sites for hydroxylation is 1. The molecule has 0 saturated carbocycles. The van der Waals surface area contributed by atoms with Gasteiger partial charge in [-0.25, -0.2) is 0 Å². The van der Waals surface area contributed by atoms with Crippen LogP contribution in [0.2, 0.25) is 0 Å². The van der Waals surface area contributed by atoms with Crippen LogP contribution in [0, 0.1) is 6.92 Å². The first kappa shape index (κ1) is 19.7. The van der Waals surface area contributed by atoms with Crippen molar-refractivity contribution in [2.24, 2.45) is 0 Å². The Morgan fingerprint density at radius 3 is 2.42 bits per heavy atom. The molecule has 2 N–H and O–H groups in total. The number of carboxylic acid groups (broad SMARTS) is 1. The van der Waals surface area contributed by atoms with E-state index in [4.69, 9.17) is 5.11 Å². The standard InChI is InChI=1S/C20H27N3O3/c1-4-16(5-2)23-14(3)13-18(22-23)20(26)21-17(11-12-19(24)25)15-9-7-6-8-10-15/h6-10,13,16-17H,4-5,11-12H2,1-3H3,(H,21,26)(H,24,25). The molecule has 1 amide bonds. The van der Waals surface area contributed by atoms with Gasteiger partial charge in [0.05, 0.1) is 12.1 Å². The van der Waals surface area contributed by atoms with Gasteiger partial charge in [0.2, 0.25) is 0 Å². The van der Waals surface area contributed by atoms with Gasteiger partial charge in [-0.15, -0.1) is 0 Å². The number of carboxylic acids is 1. The van der Waals surface area contributed by atoms with E-state index in [1.807, 2.05) is 41.9 Å². The lowest BCUT2D eigenvalue weighted by atomic mass is 10.0. The van der Waals surface area contributed by atoms with Crippen LogP contribution in [-0.4, -0.2) is 26.8 Å². The first-order valence-electron chi connectivity index (χ1n) is 9.10. The van der Waals surface area contributed by atoms with Crippen LogP contribution in [-0.2, 0) is 4.79 Å². The van der Waals surface area contributed by atoms with E-state index in [1.54, 1.807) is 6.07 Å². The van der Waals surface area contributed by atoms with Gasteiger partial charge in [-0.3, -0.25) is 14.3 Å². The van der Waals surface area contributed by atoms with Crippen LogP contribution in [0.4, 0.5) is 0 Å². The molecule has 1 aromatic heterocycles. The Morgan fingerprint density at radius 2 is 1.85 bits per heavy atom. The highest BCUT2D eigenvalue weighted by atomic mass is 16.4. The number of nitrogens with zero attached hydrogens (tertiary/aromatic N) is 2. The summed E-state index contributed by atoms with van der Waals surface area (Å²) in [5.41, 5.74) is 2.20. The molecule has 2 aromatic rings. The number of aliphatic carboxylic acids is 1. The molecule has 0 fully saturated rings. The molecule has 1 heterocycles. The van der Waals surface area contributed by atoms with E-state index in [9.17, 15) is 9.59 Å². The quantitative estimate of drug-likeness (QED) is 0.713. The van der Waals surface area contributed by atoms with Crippen LogP contribution in [0.25, 0.3) is 0 Å². The molecule has 0 spiro atoms. The zero-order chi connectivity index (χ0) is 19.1. The summed E-state index contributed by atoms with van der Waals surface area (Å²) in [6.07, 6.45) is 2.22. The van der Waals surface area contributed by atoms with E-state index in [2.05, 4.69) is 24.3 Å². The third-order valence-electron chi connectivity index (χ3n) is 4.60. The molecular weight excluding hydrogens is 330 g/mol. The molecule has 1 unspecified atom stereocenters. The zero-order valence-electron chi connectivity index (χ0n) is 15.6. The molecule has 6 nitrogen and oxygen atoms in total. The lowest BCUT2D eigenvalue weighted by molar-refractivity contribution is -0.137. The summed E-state index contributed by atoms with van der Waals surface area (Å²) in [6.45, 7) is 6.15. The van der Waals surface area contributed by atoms with Gasteiger partial charge in [0.1, 0.15) is 5.69 Å². The van der Waals surface area contributed by atoms with Gasteiger partial charge >= 0.3 is 5.97 Å². The predicted molar refractivity (Wildman–Crippen MR) is 100 cm³/mol. The van der Waals surface area contributed by atoms with Crippen LogP contribution in [0.1, 0.15) is 73.4 Å². The lowest BCUT2D eigenvalue weighted by Gasteiger charge is -2.18. The van der Waals surface area contributed by atoms with Crippen molar-refractivity contribution < 1.29 is 14.7 Å². The summed E-state index contributed by atoms with van der Waals surface area (Å²) in [4.78, 5) is 23.7. The highest BCUT2D eigenvalue weighted by Crippen LogP contribution is 2.21. The maximum absolute atomic E-state index is 12.7. The minimum absolute atomic E-state index is 0.0128. The minimum Gasteiger partial charge on any atom is -0.481 e. The van der Waals surface area contributed by atoms with Gasteiger partial charge in [0.25, 0.3) is 5.91 Å². The smallest absolute Gasteiger partial charge is 0.303 e. The second kappa shape index (κ2) is 9.17. The summed E-state index contributed by atoms with van der Waals surface area (Å²) in [5, 5.41) is 16.4. The Bertz CT molecular complexity index is 736. The molecule has 6 heteroatoms. The van der Waals surface area contributed by atoms with Gasteiger partial charge in [-0.1, -0.05) is 44.2 Å². The third-order valence-corrected chi connectivity index (χ3v) is 4.60. The fraction of sp³-hybridized carbons (Fsp3) is 0.450. The topological polar surface area (TPSA) is 84.2 Å². The molecule has 0 bridgehead atoms. The van der Waals surface area contributed by atoms with Gasteiger partial charge in [-0.2, -0.15) is 5.10 Å². The number of hydrogen-bond donors (Lipinski definition) is 2. The first-order valence-corrected chi connectivity index (χ1v) is 9.10. The Labute approximate surface area is 154 Å². The number of carbonyl (C=O) groups is 2. The Hall–Kier alpha value is -2.63. The van der Waals surface area contributed by atoms with Crippen LogP contribution in [0.5, 0.6) is 0 Å². The summed E-state index contributed by atoms with van der Waals surface area (Å²) < 4.78 is 1.91. The van der Waals surface area contributed by atoms with E-state index in [0.717, 1.165) is 24.1 Å². The maximum atomic E-state index is 12.7. The maximum Gasteiger partial charge on any atom is 0.303 e. The highest BCUT2D eigenvalue weighted by molar-refractivity contribution is 5.92.